The molecule has 0 saturated heterocycles. The summed E-state index contributed by atoms with van der Waals surface area (Å²) >= 11 is 0. The third kappa shape index (κ3) is 3.82. The Morgan fingerprint density at radius 2 is 2.00 bits per heavy atom. The van der Waals surface area contributed by atoms with Crippen LogP contribution in [0, 0.1) is 13.8 Å². The molecule has 128 valence electrons. The second-order valence-corrected chi connectivity index (χ2v) is 5.80. The lowest BCUT2D eigenvalue weighted by atomic mass is 10.1. The number of nitrogens with zero attached hydrogens (tertiary/aromatic N) is 3. The summed E-state index contributed by atoms with van der Waals surface area (Å²) in [5.41, 5.74) is 3.35. The number of anilines is 1. The van der Waals surface area contributed by atoms with Crippen molar-refractivity contribution < 1.29 is 9.53 Å². The number of carbonyl (C=O) groups excluding carboxylic acids is 1. The van der Waals surface area contributed by atoms with Gasteiger partial charge >= 0.3 is 0 Å². The van der Waals surface area contributed by atoms with Gasteiger partial charge < -0.3 is 10.1 Å². The first kappa shape index (κ1) is 16.6. The van der Waals surface area contributed by atoms with E-state index in [1.54, 1.807) is 13.0 Å². The largest absolute Gasteiger partial charge is 0.481 e. The summed E-state index contributed by atoms with van der Waals surface area (Å²) in [7, 11) is 0. The first-order valence-electron chi connectivity index (χ1n) is 7.92. The highest BCUT2D eigenvalue weighted by Gasteiger charge is 2.18. The van der Waals surface area contributed by atoms with Crippen LogP contribution >= 0.6 is 0 Å². The fraction of sp³-hybridized carbons (Fsp3) is 0.222. The van der Waals surface area contributed by atoms with E-state index < -0.39 is 6.10 Å². The van der Waals surface area contributed by atoms with Gasteiger partial charge in [0.25, 0.3) is 5.91 Å². The molecule has 3 aromatic rings. The minimum absolute atomic E-state index is 0.253. The van der Waals surface area contributed by atoms with Crippen LogP contribution in [0.1, 0.15) is 18.1 Å². The van der Waals surface area contributed by atoms with Crippen molar-refractivity contribution >= 4 is 11.6 Å². The first-order valence-corrected chi connectivity index (χ1v) is 7.92. The normalized spacial score (nSPS) is 11.8. The Morgan fingerprint density at radius 1 is 1.20 bits per heavy atom. The summed E-state index contributed by atoms with van der Waals surface area (Å²) < 4.78 is 5.83. The number of tetrazole rings is 1. The Balaban J connectivity index is 1.75. The number of aromatic amines is 1. The molecule has 1 unspecified atom stereocenters. The van der Waals surface area contributed by atoms with Crippen LogP contribution in [0.5, 0.6) is 5.75 Å². The second kappa shape index (κ2) is 7.12. The van der Waals surface area contributed by atoms with Gasteiger partial charge in [0.2, 0.25) is 5.82 Å². The molecule has 7 heteroatoms. The summed E-state index contributed by atoms with van der Waals surface area (Å²) in [5, 5.41) is 16.7. The van der Waals surface area contributed by atoms with E-state index in [1.807, 2.05) is 50.2 Å². The van der Waals surface area contributed by atoms with Gasteiger partial charge in [-0.1, -0.05) is 24.3 Å². The molecule has 2 N–H and O–H groups in total. The third-order valence-electron chi connectivity index (χ3n) is 3.79. The standard InChI is InChI=1S/C18H19N5O2/c1-11-8-9-12(2)16(10-11)25-13(3)18(24)19-15-7-5-4-6-14(15)17-20-22-23-21-17/h4-10,13H,1-3H3,(H,19,24)(H,20,21,22,23). The molecule has 0 aliphatic rings. The summed E-state index contributed by atoms with van der Waals surface area (Å²) in [5.74, 6) is 0.866. The quantitative estimate of drug-likeness (QED) is 0.747. The maximum atomic E-state index is 12.5. The van der Waals surface area contributed by atoms with Gasteiger partial charge in [0, 0.05) is 5.56 Å². The number of aryl methyl sites for hydroxylation is 2. The maximum Gasteiger partial charge on any atom is 0.265 e. The molecular formula is C18H19N5O2. The Labute approximate surface area is 145 Å². The zero-order valence-electron chi connectivity index (χ0n) is 14.3. The molecule has 1 atom stereocenters. The highest BCUT2D eigenvalue weighted by atomic mass is 16.5. The van der Waals surface area contributed by atoms with Gasteiger partial charge in [-0.15, -0.1) is 10.2 Å². The number of amides is 1. The number of benzene rings is 2. The average molecular weight is 337 g/mol. The summed E-state index contributed by atoms with van der Waals surface area (Å²) in [4.78, 5) is 12.5. The van der Waals surface area contributed by atoms with E-state index in [0.29, 0.717) is 22.8 Å². The van der Waals surface area contributed by atoms with Crippen LogP contribution < -0.4 is 10.1 Å². The summed E-state index contributed by atoms with van der Waals surface area (Å²) in [6.07, 6.45) is -0.654. The molecule has 25 heavy (non-hydrogen) atoms. The predicted octanol–water partition coefficient (Wildman–Crippen LogP) is 2.89. The van der Waals surface area contributed by atoms with E-state index in [1.165, 1.54) is 0 Å². The van der Waals surface area contributed by atoms with Crippen molar-refractivity contribution in [3.8, 4) is 17.1 Å². The van der Waals surface area contributed by atoms with Crippen LogP contribution in [0.15, 0.2) is 42.5 Å². The van der Waals surface area contributed by atoms with Crippen molar-refractivity contribution in [2.24, 2.45) is 0 Å². The number of hydrogen-bond donors (Lipinski definition) is 2. The van der Waals surface area contributed by atoms with Crippen LogP contribution in [-0.2, 0) is 4.79 Å². The first-order chi connectivity index (χ1) is 12.0. The van der Waals surface area contributed by atoms with Crippen LogP contribution in [0.2, 0.25) is 0 Å². The van der Waals surface area contributed by atoms with E-state index in [4.69, 9.17) is 4.74 Å². The van der Waals surface area contributed by atoms with Gasteiger partial charge in [0.15, 0.2) is 6.10 Å². The van der Waals surface area contributed by atoms with Gasteiger partial charge in [-0.05, 0) is 55.3 Å². The van der Waals surface area contributed by atoms with E-state index >= 15 is 0 Å². The Bertz CT molecular complexity index is 877. The van der Waals surface area contributed by atoms with Crippen molar-refractivity contribution in [1.82, 2.24) is 20.6 Å². The van der Waals surface area contributed by atoms with Gasteiger partial charge in [0.1, 0.15) is 5.75 Å². The highest BCUT2D eigenvalue weighted by molar-refractivity contribution is 5.97. The number of ether oxygens (including phenoxy) is 1. The Morgan fingerprint density at radius 3 is 2.76 bits per heavy atom. The zero-order chi connectivity index (χ0) is 17.8. The predicted molar refractivity (Wildman–Crippen MR) is 94.2 cm³/mol. The highest BCUT2D eigenvalue weighted by Crippen LogP contribution is 2.25. The number of nitrogens with one attached hydrogen (secondary N) is 2. The molecule has 1 aromatic heterocycles. The molecule has 0 saturated carbocycles. The minimum atomic E-state index is -0.654. The number of rotatable bonds is 5. The second-order valence-electron chi connectivity index (χ2n) is 5.80. The van der Waals surface area contributed by atoms with E-state index in [9.17, 15) is 4.79 Å². The maximum absolute atomic E-state index is 12.5. The molecule has 1 amide bonds. The molecule has 0 spiro atoms. The van der Waals surface area contributed by atoms with E-state index in [0.717, 1.165) is 11.1 Å². The molecule has 1 heterocycles. The van der Waals surface area contributed by atoms with Crippen LogP contribution in [0.4, 0.5) is 5.69 Å². The number of carbonyl (C=O) groups is 1. The topological polar surface area (TPSA) is 92.8 Å². The van der Waals surface area contributed by atoms with Crippen molar-refractivity contribution in [3.05, 3.63) is 53.6 Å². The molecule has 3 rings (SSSR count). The van der Waals surface area contributed by atoms with E-state index in [2.05, 4.69) is 25.9 Å². The lowest BCUT2D eigenvalue weighted by Crippen LogP contribution is -2.30. The number of aromatic nitrogens is 4. The molecule has 0 aliphatic heterocycles. The van der Waals surface area contributed by atoms with Gasteiger partial charge in [-0.2, -0.15) is 5.21 Å². The molecule has 0 bridgehead atoms. The van der Waals surface area contributed by atoms with Crippen molar-refractivity contribution in [3.63, 3.8) is 0 Å². The third-order valence-corrected chi connectivity index (χ3v) is 3.79. The van der Waals surface area contributed by atoms with Gasteiger partial charge in [0.05, 0.1) is 5.69 Å². The van der Waals surface area contributed by atoms with Crippen molar-refractivity contribution in [2.45, 2.75) is 26.9 Å². The lowest BCUT2D eigenvalue weighted by Gasteiger charge is -2.17. The molecule has 0 aliphatic carbocycles. The van der Waals surface area contributed by atoms with Crippen LogP contribution in [0.25, 0.3) is 11.4 Å². The molecular weight excluding hydrogens is 318 g/mol. The summed E-state index contributed by atoms with van der Waals surface area (Å²) in [6.45, 7) is 5.65. The molecule has 7 nitrogen and oxygen atoms in total. The number of H-pyrrole nitrogens is 1. The monoisotopic (exact) mass is 337 g/mol. The fourth-order valence-electron chi connectivity index (χ4n) is 2.38. The SMILES string of the molecule is Cc1ccc(C)c(OC(C)C(=O)Nc2ccccc2-c2nn[nH]n2)c1. The van der Waals surface area contributed by atoms with Crippen molar-refractivity contribution in [1.29, 1.82) is 0 Å². The zero-order valence-corrected chi connectivity index (χ0v) is 14.3. The van der Waals surface area contributed by atoms with Crippen LogP contribution in [0.3, 0.4) is 0 Å². The molecule has 2 aromatic carbocycles. The average Bonchev–Trinajstić information content (AvgIpc) is 3.13. The fourth-order valence-corrected chi connectivity index (χ4v) is 2.38. The lowest BCUT2D eigenvalue weighted by molar-refractivity contribution is -0.122. The molecule has 0 radical (unpaired) electrons. The van der Waals surface area contributed by atoms with Gasteiger partial charge in [-0.25, -0.2) is 0 Å². The Kier molecular flexibility index (Phi) is 4.74. The van der Waals surface area contributed by atoms with Gasteiger partial charge in [-0.3, -0.25) is 4.79 Å². The molecule has 0 fully saturated rings. The van der Waals surface area contributed by atoms with Crippen molar-refractivity contribution in [2.75, 3.05) is 5.32 Å². The number of hydrogen-bond acceptors (Lipinski definition) is 5. The number of para-hydroxylation sites is 1. The Hall–Kier alpha value is -3.22. The minimum Gasteiger partial charge on any atom is -0.481 e. The summed E-state index contributed by atoms with van der Waals surface area (Å²) in [6, 6.07) is 13.2. The van der Waals surface area contributed by atoms with Crippen LogP contribution in [-0.4, -0.2) is 32.6 Å². The van der Waals surface area contributed by atoms with E-state index in [-0.39, 0.29) is 5.91 Å². The smallest absolute Gasteiger partial charge is 0.265 e.